The highest BCUT2D eigenvalue weighted by atomic mass is 15.2. The van der Waals surface area contributed by atoms with Crippen molar-refractivity contribution < 1.29 is 0 Å². The van der Waals surface area contributed by atoms with Gasteiger partial charge in [-0.05, 0) is 69.5 Å². The van der Waals surface area contributed by atoms with Gasteiger partial charge in [0.25, 0.3) is 0 Å². The molecule has 0 bridgehead atoms. The molecule has 3 atom stereocenters. The summed E-state index contributed by atoms with van der Waals surface area (Å²) >= 11 is 0. The van der Waals surface area contributed by atoms with E-state index in [-0.39, 0.29) is 0 Å². The molecule has 20 heavy (non-hydrogen) atoms. The van der Waals surface area contributed by atoms with E-state index < -0.39 is 0 Å². The minimum Gasteiger partial charge on any atom is -0.312 e. The molecule has 0 aromatic rings. The molecule has 2 aliphatic rings. The maximum atomic E-state index is 3.80. The Hall–Kier alpha value is -0.0800. The number of nitrogens with one attached hydrogen (secondary N) is 1. The highest BCUT2D eigenvalue weighted by molar-refractivity contribution is 4.92. The normalized spacial score (nSPS) is 33.3. The molecule has 2 nitrogen and oxygen atoms in total. The summed E-state index contributed by atoms with van der Waals surface area (Å²) in [5, 5.41) is 3.80. The number of rotatable bonds is 4. The fraction of sp³-hybridized carbons (Fsp3) is 1.00. The van der Waals surface area contributed by atoms with Gasteiger partial charge in [-0.2, -0.15) is 0 Å². The number of likely N-dealkylation sites (tertiary alicyclic amines) is 1. The molecule has 3 unspecified atom stereocenters. The third kappa shape index (κ3) is 4.21. The maximum absolute atomic E-state index is 3.80. The lowest BCUT2D eigenvalue weighted by atomic mass is 9.77. The van der Waals surface area contributed by atoms with E-state index in [2.05, 4.69) is 37.9 Å². The Morgan fingerprint density at radius 3 is 2.50 bits per heavy atom. The van der Waals surface area contributed by atoms with Gasteiger partial charge in [-0.1, -0.05) is 34.1 Å². The molecular formula is C18H36N2. The van der Waals surface area contributed by atoms with Crippen molar-refractivity contribution in [2.45, 2.75) is 84.7 Å². The zero-order valence-electron chi connectivity index (χ0n) is 14.3. The van der Waals surface area contributed by atoms with E-state index in [9.17, 15) is 0 Å². The van der Waals surface area contributed by atoms with Crippen LogP contribution >= 0.6 is 0 Å². The second-order valence-corrected chi connectivity index (χ2v) is 8.09. The molecule has 2 fully saturated rings. The lowest BCUT2D eigenvalue weighted by Crippen LogP contribution is -2.47. The summed E-state index contributed by atoms with van der Waals surface area (Å²) in [4.78, 5) is 2.83. The van der Waals surface area contributed by atoms with Crippen molar-refractivity contribution >= 4 is 0 Å². The third-order valence-corrected chi connectivity index (χ3v) is 5.59. The molecule has 1 aliphatic heterocycles. The van der Waals surface area contributed by atoms with Gasteiger partial charge in [-0.25, -0.2) is 0 Å². The van der Waals surface area contributed by atoms with Crippen molar-refractivity contribution in [2.75, 3.05) is 19.6 Å². The molecule has 0 aromatic carbocycles. The number of nitrogens with zero attached hydrogens (tertiary/aromatic N) is 1. The summed E-state index contributed by atoms with van der Waals surface area (Å²) in [5.74, 6) is 0.913. The summed E-state index contributed by atoms with van der Waals surface area (Å²) < 4.78 is 0. The fourth-order valence-electron chi connectivity index (χ4n) is 4.26. The summed E-state index contributed by atoms with van der Waals surface area (Å²) in [5.41, 5.74) is 0.492. The first-order valence-electron chi connectivity index (χ1n) is 8.99. The lowest BCUT2D eigenvalue weighted by Gasteiger charge is -2.33. The molecule has 1 heterocycles. The van der Waals surface area contributed by atoms with E-state index >= 15 is 0 Å². The average molecular weight is 280 g/mol. The predicted molar refractivity (Wildman–Crippen MR) is 88.1 cm³/mol. The van der Waals surface area contributed by atoms with E-state index in [0.717, 1.165) is 18.0 Å². The van der Waals surface area contributed by atoms with Crippen LogP contribution in [0, 0.1) is 11.3 Å². The van der Waals surface area contributed by atoms with E-state index in [1.165, 1.54) is 64.6 Å². The fourth-order valence-corrected chi connectivity index (χ4v) is 4.26. The van der Waals surface area contributed by atoms with Gasteiger partial charge in [0.2, 0.25) is 0 Å². The highest BCUT2D eigenvalue weighted by Gasteiger charge is 2.34. The molecule has 0 aromatic heterocycles. The van der Waals surface area contributed by atoms with Crippen LogP contribution in [0.3, 0.4) is 0 Å². The Kier molecular flexibility index (Phi) is 5.92. The van der Waals surface area contributed by atoms with Crippen LogP contribution in [-0.4, -0.2) is 36.6 Å². The standard InChI is InChI=1S/C18H36N2/c1-5-12-19-16-9-6-10-17(16)20-13-7-8-15(11-14-20)18(2,3)4/h15-17,19H,5-14H2,1-4H3. The lowest BCUT2D eigenvalue weighted by molar-refractivity contribution is 0.165. The van der Waals surface area contributed by atoms with Crippen LogP contribution in [0.1, 0.15) is 72.6 Å². The zero-order chi connectivity index (χ0) is 14.6. The van der Waals surface area contributed by atoms with Crippen LogP contribution in [-0.2, 0) is 0 Å². The van der Waals surface area contributed by atoms with Gasteiger partial charge in [-0.3, -0.25) is 4.90 Å². The van der Waals surface area contributed by atoms with Crippen molar-refractivity contribution in [3.63, 3.8) is 0 Å². The summed E-state index contributed by atoms with van der Waals surface area (Å²) in [6, 6.07) is 1.58. The molecule has 1 saturated heterocycles. The Bertz CT molecular complexity index is 282. The van der Waals surface area contributed by atoms with Gasteiger partial charge >= 0.3 is 0 Å². The minimum absolute atomic E-state index is 0.492. The molecule has 1 aliphatic carbocycles. The second kappa shape index (κ2) is 7.26. The first-order valence-corrected chi connectivity index (χ1v) is 8.99. The van der Waals surface area contributed by atoms with Crippen LogP contribution in [0.15, 0.2) is 0 Å². The predicted octanol–water partition coefficient (Wildman–Crippen LogP) is 4.06. The topological polar surface area (TPSA) is 15.3 Å². The molecule has 1 N–H and O–H groups in total. The van der Waals surface area contributed by atoms with Gasteiger partial charge < -0.3 is 5.32 Å². The van der Waals surface area contributed by atoms with Crippen LogP contribution in [0.5, 0.6) is 0 Å². The van der Waals surface area contributed by atoms with Gasteiger partial charge in [-0.15, -0.1) is 0 Å². The Morgan fingerprint density at radius 2 is 1.80 bits per heavy atom. The summed E-state index contributed by atoms with van der Waals surface area (Å²) in [6.07, 6.45) is 9.73. The number of hydrogen-bond acceptors (Lipinski definition) is 2. The van der Waals surface area contributed by atoms with Crippen LogP contribution in [0.25, 0.3) is 0 Å². The van der Waals surface area contributed by atoms with Gasteiger partial charge in [0.15, 0.2) is 0 Å². The molecule has 2 heteroatoms. The van der Waals surface area contributed by atoms with Gasteiger partial charge in [0.05, 0.1) is 0 Å². The van der Waals surface area contributed by atoms with Crippen molar-refractivity contribution in [1.29, 1.82) is 0 Å². The second-order valence-electron chi connectivity index (χ2n) is 8.09. The minimum atomic E-state index is 0.492. The first-order chi connectivity index (χ1) is 9.52. The molecule has 0 spiro atoms. The van der Waals surface area contributed by atoms with Crippen LogP contribution < -0.4 is 5.32 Å². The zero-order valence-corrected chi connectivity index (χ0v) is 14.3. The van der Waals surface area contributed by atoms with E-state index in [1.54, 1.807) is 0 Å². The smallest absolute Gasteiger partial charge is 0.0249 e. The third-order valence-electron chi connectivity index (χ3n) is 5.59. The largest absolute Gasteiger partial charge is 0.312 e. The van der Waals surface area contributed by atoms with Crippen molar-refractivity contribution in [3.8, 4) is 0 Å². The molecule has 1 saturated carbocycles. The Morgan fingerprint density at radius 1 is 1.00 bits per heavy atom. The molecule has 0 amide bonds. The first kappa shape index (κ1) is 16.3. The van der Waals surface area contributed by atoms with Crippen molar-refractivity contribution in [1.82, 2.24) is 10.2 Å². The molecular weight excluding hydrogens is 244 g/mol. The number of hydrogen-bond donors (Lipinski definition) is 1. The van der Waals surface area contributed by atoms with Gasteiger partial charge in [0.1, 0.15) is 0 Å². The quantitative estimate of drug-likeness (QED) is 0.835. The van der Waals surface area contributed by atoms with Crippen LogP contribution in [0.4, 0.5) is 0 Å². The highest BCUT2D eigenvalue weighted by Crippen LogP contribution is 2.36. The Balaban J connectivity index is 1.89. The van der Waals surface area contributed by atoms with Crippen LogP contribution in [0.2, 0.25) is 0 Å². The molecule has 118 valence electrons. The SMILES string of the molecule is CCCNC1CCCC1N1CCCC(C(C)(C)C)CC1. The summed E-state index contributed by atoms with van der Waals surface area (Å²) in [6.45, 7) is 13.4. The van der Waals surface area contributed by atoms with Crippen molar-refractivity contribution in [2.24, 2.45) is 11.3 Å². The van der Waals surface area contributed by atoms with E-state index in [1.807, 2.05) is 0 Å². The summed E-state index contributed by atoms with van der Waals surface area (Å²) in [7, 11) is 0. The maximum Gasteiger partial charge on any atom is 0.0249 e. The van der Waals surface area contributed by atoms with Gasteiger partial charge in [0, 0.05) is 12.1 Å². The van der Waals surface area contributed by atoms with Crippen molar-refractivity contribution in [3.05, 3.63) is 0 Å². The molecule has 2 rings (SSSR count). The monoisotopic (exact) mass is 280 g/mol. The molecule has 0 radical (unpaired) electrons. The average Bonchev–Trinajstić information content (AvgIpc) is 2.69. The van der Waals surface area contributed by atoms with E-state index in [0.29, 0.717) is 5.41 Å². The van der Waals surface area contributed by atoms with E-state index in [4.69, 9.17) is 0 Å². The Labute approximate surface area is 126 Å².